The third kappa shape index (κ3) is 8.77. The summed E-state index contributed by atoms with van der Waals surface area (Å²) >= 11 is 0. The maximum absolute atomic E-state index is 13.3. The number of sulfonamides is 1. The summed E-state index contributed by atoms with van der Waals surface area (Å²) in [6.07, 6.45) is -3.78. The van der Waals surface area contributed by atoms with Crippen molar-refractivity contribution in [3.05, 3.63) is 65.2 Å². The van der Waals surface area contributed by atoms with Crippen LogP contribution in [0.1, 0.15) is 50.3 Å². The third-order valence-electron chi connectivity index (χ3n) is 5.81. The molecule has 2 amide bonds. The highest BCUT2D eigenvalue weighted by Gasteiger charge is 2.32. The maximum Gasteiger partial charge on any atom is 0.416 e. The van der Waals surface area contributed by atoms with Gasteiger partial charge in [-0.25, -0.2) is 8.42 Å². The summed E-state index contributed by atoms with van der Waals surface area (Å²) in [6, 6.07) is 10.6. The number of alkyl halides is 3. The summed E-state index contributed by atoms with van der Waals surface area (Å²) in [5.74, 6) is -0.689. The van der Waals surface area contributed by atoms with Crippen molar-refractivity contribution in [2.75, 3.05) is 17.1 Å². The van der Waals surface area contributed by atoms with Gasteiger partial charge < -0.3 is 10.2 Å². The molecule has 2 rings (SSSR count). The van der Waals surface area contributed by atoms with Crippen molar-refractivity contribution in [1.29, 1.82) is 0 Å². The molecule has 2 aromatic rings. The predicted octanol–water partition coefficient (Wildman–Crippen LogP) is 4.50. The molecule has 0 aromatic heterocycles. The summed E-state index contributed by atoms with van der Waals surface area (Å²) in [6.45, 7) is 7.13. The van der Waals surface area contributed by atoms with Gasteiger partial charge in [0.15, 0.2) is 0 Å². The van der Waals surface area contributed by atoms with Crippen molar-refractivity contribution < 1.29 is 31.2 Å². The van der Waals surface area contributed by atoms with E-state index in [4.69, 9.17) is 0 Å². The molecule has 0 radical (unpaired) electrons. The smallest absolute Gasteiger partial charge is 0.352 e. The van der Waals surface area contributed by atoms with Crippen LogP contribution < -0.4 is 9.62 Å². The first-order chi connectivity index (χ1) is 17.1. The fourth-order valence-electron chi connectivity index (χ4n) is 3.80. The summed E-state index contributed by atoms with van der Waals surface area (Å²) < 4.78 is 65.1. The lowest BCUT2D eigenvalue weighted by atomic mass is 10.1. The SMILES string of the molecule is Cc1ccccc1CN(C(=O)CCCN(c1cccc(C(F)(F)F)c1)S(C)(=O)=O)[C@@H](C)C(=O)NC(C)C. The summed E-state index contributed by atoms with van der Waals surface area (Å²) in [4.78, 5) is 27.4. The van der Waals surface area contributed by atoms with Gasteiger partial charge in [-0.2, -0.15) is 13.2 Å². The zero-order valence-corrected chi connectivity index (χ0v) is 22.5. The molecular formula is C26H34F3N3O4S. The van der Waals surface area contributed by atoms with Gasteiger partial charge in [0.2, 0.25) is 21.8 Å². The van der Waals surface area contributed by atoms with Crippen molar-refractivity contribution in [2.45, 2.75) is 65.3 Å². The van der Waals surface area contributed by atoms with E-state index in [0.29, 0.717) is 0 Å². The normalized spacial score (nSPS) is 12.8. The highest BCUT2D eigenvalue weighted by molar-refractivity contribution is 7.92. The number of amides is 2. The molecule has 0 heterocycles. The van der Waals surface area contributed by atoms with Crippen LogP contribution in [0, 0.1) is 6.92 Å². The maximum atomic E-state index is 13.3. The van der Waals surface area contributed by atoms with Crippen LogP contribution in [-0.2, 0) is 32.3 Å². The van der Waals surface area contributed by atoms with Gasteiger partial charge in [0.1, 0.15) is 6.04 Å². The van der Waals surface area contributed by atoms with Crippen LogP contribution in [0.2, 0.25) is 0 Å². The second kappa shape index (κ2) is 12.4. The molecule has 1 N–H and O–H groups in total. The largest absolute Gasteiger partial charge is 0.416 e. The van der Waals surface area contributed by atoms with Crippen molar-refractivity contribution in [3.8, 4) is 0 Å². The monoisotopic (exact) mass is 541 g/mol. The van der Waals surface area contributed by atoms with Gasteiger partial charge in [0.05, 0.1) is 17.5 Å². The quantitative estimate of drug-likeness (QED) is 0.454. The molecular weight excluding hydrogens is 507 g/mol. The lowest BCUT2D eigenvalue weighted by Gasteiger charge is -2.30. The summed E-state index contributed by atoms with van der Waals surface area (Å²) in [5.41, 5.74) is 0.710. The third-order valence-corrected chi connectivity index (χ3v) is 7.01. The zero-order valence-electron chi connectivity index (χ0n) is 21.7. The van der Waals surface area contributed by atoms with Crippen molar-refractivity contribution in [3.63, 3.8) is 0 Å². The number of nitrogens with one attached hydrogen (secondary N) is 1. The Labute approximate surface area is 216 Å². The molecule has 0 aliphatic heterocycles. The average molecular weight is 542 g/mol. The minimum absolute atomic E-state index is 0.0466. The average Bonchev–Trinajstić information content (AvgIpc) is 2.79. The number of benzene rings is 2. The van der Waals surface area contributed by atoms with Gasteiger partial charge >= 0.3 is 6.18 Å². The topological polar surface area (TPSA) is 86.8 Å². The number of halogens is 3. The number of nitrogens with zero attached hydrogens (tertiary/aromatic N) is 2. The molecule has 37 heavy (non-hydrogen) atoms. The number of carbonyl (C=O) groups excluding carboxylic acids is 2. The Bertz CT molecular complexity index is 1200. The first-order valence-electron chi connectivity index (χ1n) is 11.9. The molecule has 0 saturated heterocycles. The second-order valence-corrected chi connectivity index (χ2v) is 11.2. The summed E-state index contributed by atoms with van der Waals surface area (Å²) in [5, 5.41) is 2.80. The van der Waals surface area contributed by atoms with Crippen molar-refractivity contribution in [1.82, 2.24) is 10.2 Å². The minimum Gasteiger partial charge on any atom is -0.352 e. The molecule has 0 fully saturated rings. The van der Waals surface area contributed by atoms with Crippen LogP contribution in [0.3, 0.4) is 0 Å². The first kappa shape index (κ1) is 30.1. The number of rotatable bonds is 11. The predicted molar refractivity (Wildman–Crippen MR) is 137 cm³/mol. The van der Waals surface area contributed by atoms with E-state index >= 15 is 0 Å². The standard InChI is InChI=1S/C26H34F3N3O4S/c1-18(2)30-25(34)20(4)31(17-21-11-7-6-10-19(21)3)24(33)14-9-15-32(37(5,35)36)23-13-8-12-22(16-23)26(27,28)29/h6-8,10-13,16,18,20H,9,14-15,17H2,1-5H3,(H,30,34)/t20-/m0/s1. The molecule has 0 unspecified atom stereocenters. The Balaban J connectivity index is 2.23. The van der Waals surface area contributed by atoms with Crippen LogP contribution in [0.5, 0.6) is 0 Å². The zero-order chi connectivity index (χ0) is 28.0. The van der Waals surface area contributed by atoms with E-state index < -0.39 is 27.8 Å². The van der Waals surface area contributed by atoms with E-state index in [1.807, 2.05) is 45.0 Å². The van der Waals surface area contributed by atoms with Gasteiger partial charge in [-0.15, -0.1) is 0 Å². The number of aryl methyl sites for hydroxylation is 1. The Kier molecular flexibility index (Phi) is 10.1. The molecule has 7 nitrogen and oxygen atoms in total. The molecule has 0 aliphatic carbocycles. The van der Waals surface area contributed by atoms with E-state index in [1.165, 1.54) is 11.0 Å². The van der Waals surface area contributed by atoms with E-state index in [1.54, 1.807) is 6.92 Å². The lowest BCUT2D eigenvalue weighted by molar-refractivity contribution is -0.140. The van der Waals surface area contributed by atoms with Crippen molar-refractivity contribution in [2.24, 2.45) is 0 Å². The number of hydrogen-bond acceptors (Lipinski definition) is 4. The molecule has 11 heteroatoms. The van der Waals surface area contributed by atoms with Gasteiger partial charge in [-0.1, -0.05) is 30.3 Å². The van der Waals surface area contributed by atoms with Crippen LogP contribution >= 0.6 is 0 Å². The Morgan fingerprint density at radius 3 is 2.24 bits per heavy atom. The molecule has 2 aromatic carbocycles. The van der Waals surface area contributed by atoms with E-state index in [-0.39, 0.29) is 49.5 Å². The van der Waals surface area contributed by atoms with Crippen LogP contribution in [0.15, 0.2) is 48.5 Å². The molecule has 204 valence electrons. The first-order valence-corrected chi connectivity index (χ1v) is 13.8. The van der Waals surface area contributed by atoms with E-state index in [0.717, 1.165) is 39.9 Å². The number of hydrogen-bond donors (Lipinski definition) is 1. The fraction of sp³-hybridized carbons (Fsp3) is 0.462. The Hall–Kier alpha value is -3.08. The van der Waals surface area contributed by atoms with E-state index in [9.17, 15) is 31.2 Å². The molecule has 0 saturated carbocycles. The van der Waals surface area contributed by atoms with Crippen LogP contribution in [0.25, 0.3) is 0 Å². The van der Waals surface area contributed by atoms with Crippen molar-refractivity contribution >= 4 is 27.5 Å². The van der Waals surface area contributed by atoms with Gasteiger partial charge in [0, 0.05) is 25.6 Å². The fourth-order valence-corrected chi connectivity index (χ4v) is 4.76. The van der Waals surface area contributed by atoms with Gasteiger partial charge in [0.25, 0.3) is 0 Å². The number of carbonyl (C=O) groups is 2. The van der Waals surface area contributed by atoms with Crippen LogP contribution in [0.4, 0.5) is 18.9 Å². The molecule has 1 atom stereocenters. The summed E-state index contributed by atoms with van der Waals surface area (Å²) in [7, 11) is -3.92. The Morgan fingerprint density at radius 2 is 1.68 bits per heavy atom. The Morgan fingerprint density at radius 1 is 1.03 bits per heavy atom. The number of anilines is 1. The van der Waals surface area contributed by atoms with Gasteiger partial charge in [-0.05, 0) is 63.4 Å². The molecule has 0 spiro atoms. The van der Waals surface area contributed by atoms with Gasteiger partial charge in [-0.3, -0.25) is 13.9 Å². The van der Waals surface area contributed by atoms with Crippen LogP contribution in [-0.4, -0.2) is 50.0 Å². The lowest BCUT2D eigenvalue weighted by Crippen LogP contribution is -2.49. The highest BCUT2D eigenvalue weighted by atomic mass is 32.2. The minimum atomic E-state index is -4.63. The highest BCUT2D eigenvalue weighted by Crippen LogP contribution is 2.32. The molecule has 0 aliphatic rings. The second-order valence-electron chi connectivity index (χ2n) is 9.27. The van der Waals surface area contributed by atoms with E-state index in [2.05, 4.69) is 5.32 Å². The molecule has 0 bridgehead atoms.